The van der Waals surface area contributed by atoms with Crippen molar-refractivity contribution in [3.05, 3.63) is 62.6 Å². The number of aryl methyl sites for hydroxylation is 1. The van der Waals surface area contributed by atoms with Crippen molar-refractivity contribution >= 4 is 27.5 Å². The maximum Gasteiger partial charge on any atom is 0.128 e. The van der Waals surface area contributed by atoms with E-state index >= 15 is 0 Å². The molecular formula is C15H14BrClO2. The second-order valence-corrected chi connectivity index (χ2v) is 5.57. The zero-order valence-electron chi connectivity index (χ0n) is 10.5. The molecule has 0 radical (unpaired) electrons. The molecule has 2 aromatic rings. The van der Waals surface area contributed by atoms with Crippen LogP contribution in [-0.4, -0.2) is 5.11 Å². The third-order valence-electron chi connectivity index (χ3n) is 2.82. The van der Waals surface area contributed by atoms with Crippen molar-refractivity contribution in [2.75, 3.05) is 0 Å². The standard InChI is InChI=1S/C15H14BrClO2/c1-10-6-13(16)7-12(8-18)15(10)19-9-11-4-2-3-5-14(11)17/h2-7,18H,8-9H2,1H3. The molecule has 0 atom stereocenters. The van der Waals surface area contributed by atoms with Crippen LogP contribution >= 0.6 is 27.5 Å². The molecule has 0 saturated heterocycles. The van der Waals surface area contributed by atoms with E-state index in [1.54, 1.807) is 0 Å². The van der Waals surface area contributed by atoms with Gasteiger partial charge >= 0.3 is 0 Å². The van der Waals surface area contributed by atoms with Crippen LogP contribution in [0.15, 0.2) is 40.9 Å². The lowest BCUT2D eigenvalue weighted by molar-refractivity contribution is 0.258. The molecule has 2 nitrogen and oxygen atoms in total. The van der Waals surface area contributed by atoms with Crippen molar-refractivity contribution in [1.82, 2.24) is 0 Å². The number of hydrogen-bond acceptors (Lipinski definition) is 2. The number of aliphatic hydroxyl groups is 1. The van der Waals surface area contributed by atoms with E-state index in [0.29, 0.717) is 17.4 Å². The Morgan fingerprint density at radius 1 is 1.21 bits per heavy atom. The quantitative estimate of drug-likeness (QED) is 0.888. The lowest BCUT2D eigenvalue weighted by Gasteiger charge is -2.14. The van der Waals surface area contributed by atoms with Crippen LogP contribution in [0.1, 0.15) is 16.7 Å². The summed E-state index contributed by atoms with van der Waals surface area (Å²) in [5.74, 6) is 0.714. The highest BCUT2D eigenvalue weighted by atomic mass is 79.9. The van der Waals surface area contributed by atoms with Crippen LogP contribution in [-0.2, 0) is 13.2 Å². The van der Waals surface area contributed by atoms with Crippen LogP contribution < -0.4 is 4.74 Å². The number of hydrogen-bond donors (Lipinski definition) is 1. The summed E-state index contributed by atoms with van der Waals surface area (Å²) in [4.78, 5) is 0. The minimum atomic E-state index is -0.0574. The molecular weight excluding hydrogens is 328 g/mol. The van der Waals surface area contributed by atoms with Gasteiger partial charge < -0.3 is 9.84 Å². The molecule has 4 heteroatoms. The Morgan fingerprint density at radius 2 is 1.95 bits per heavy atom. The molecule has 19 heavy (non-hydrogen) atoms. The van der Waals surface area contributed by atoms with Gasteiger partial charge in [-0.25, -0.2) is 0 Å². The van der Waals surface area contributed by atoms with Crippen molar-refractivity contribution in [1.29, 1.82) is 0 Å². The average Bonchev–Trinajstić information content (AvgIpc) is 2.38. The zero-order valence-corrected chi connectivity index (χ0v) is 12.8. The molecule has 0 aliphatic carbocycles. The fraction of sp³-hybridized carbons (Fsp3) is 0.200. The highest BCUT2D eigenvalue weighted by Crippen LogP contribution is 2.29. The Morgan fingerprint density at radius 3 is 2.63 bits per heavy atom. The number of benzene rings is 2. The van der Waals surface area contributed by atoms with Crippen molar-refractivity contribution in [2.24, 2.45) is 0 Å². The molecule has 0 aliphatic rings. The van der Waals surface area contributed by atoms with Crippen LogP contribution in [0.3, 0.4) is 0 Å². The van der Waals surface area contributed by atoms with Crippen LogP contribution in [0, 0.1) is 6.92 Å². The van der Waals surface area contributed by atoms with E-state index in [2.05, 4.69) is 15.9 Å². The lowest BCUT2D eigenvalue weighted by Crippen LogP contribution is -2.01. The first-order valence-electron chi connectivity index (χ1n) is 5.88. The van der Waals surface area contributed by atoms with Crippen LogP contribution in [0.4, 0.5) is 0 Å². The number of aliphatic hydroxyl groups excluding tert-OH is 1. The molecule has 100 valence electrons. The van der Waals surface area contributed by atoms with E-state index in [0.717, 1.165) is 21.2 Å². The largest absolute Gasteiger partial charge is 0.488 e. The summed E-state index contributed by atoms with van der Waals surface area (Å²) in [6.07, 6.45) is 0. The van der Waals surface area contributed by atoms with Gasteiger partial charge in [-0.05, 0) is 30.7 Å². The molecule has 0 aliphatic heterocycles. The number of ether oxygens (including phenoxy) is 1. The van der Waals surface area contributed by atoms with Gasteiger partial charge in [0.25, 0.3) is 0 Å². The normalized spacial score (nSPS) is 10.5. The first-order valence-corrected chi connectivity index (χ1v) is 7.05. The summed E-state index contributed by atoms with van der Waals surface area (Å²) in [5.41, 5.74) is 2.67. The molecule has 2 rings (SSSR count). The smallest absolute Gasteiger partial charge is 0.128 e. The number of halogens is 2. The summed E-state index contributed by atoms with van der Waals surface area (Å²) < 4.78 is 6.75. The van der Waals surface area contributed by atoms with Gasteiger partial charge in [0.15, 0.2) is 0 Å². The second-order valence-electron chi connectivity index (χ2n) is 4.25. The van der Waals surface area contributed by atoms with Crippen molar-refractivity contribution in [2.45, 2.75) is 20.1 Å². The van der Waals surface area contributed by atoms with E-state index in [1.807, 2.05) is 43.3 Å². The molecule has 1 N–H and O–H groups in total. The molecule has 0 fully saturated rings. The van der Waals surface area contributed by atoms with Gasteiger partial charge in [0, 0.05) is 20.6 Å². The fourth-order valence-electron chi connectivity index (χ4n) is 1.89. The predicted molar refractivity (Wildman–Crippen MR) is 80.6 cm³/mol. The van der Waals surface area contributed by atoms with Crippen LogP contribution in [0.25, 0.3) is 0 Å². The van der Waals surface area contributed by atoms with Gasteiger partial charge in [-0.15, -0.1) is 0 Å². The van der Waals surface area contributed by atoms with Gasteiger partial charge in [0.05, 0.1) is 6.61 Å². The highest BCUT2D eigenvalue weighted by Gasteiger charge is 2.09. The van der Waals surface area contributed by atoms with E-state index in [4.69, 9.17) is 16.3 Å². The molecule has 0 spiro atoms. The summed E-state index contributed by atoms with van der Waals surface area (Å²) in [6.45, 7) is 2.28. The Hall–Kier alpha value is -1.03. The van der Waals surface area contributed by atoms with Gasteiger partial charge in [0.1, 0.15) is 12.4 Å². The third kappa shape index (κ3) is 3.50. The molecule has 0 amide bonds. The maximum atomic E-state index is 9.39. The Labute approximate surface area is 126 Å². The Bertz CT molecular complexity index is 584. The summed E-state index contributed by atoms with van der Waals surface area (Å²) in [7, 11) is 0. The topological polar surface area (TPSA) is 29.5 Å². The monoisotopic (exact) mass is 340 g/mol. The first-order chi connectivity index (χ1) is 9.11. The molecule has 0 heterocycles. The van der Waals surface area contributed by atoms with Crippen molar-refractivity contribution < 1.29 is 9.84 Å². The SMILES string of the molecule is Cc1cc(Br)cc(CO)c1OCc1ccccc1Cl. The Balaban J connectivity index is 2.22. The highest BCUT2D eigenvalue weighted by molar-refractivity contribution is 9.10. The number of rotatable bonds is 4. The van der Waals surface area contributed by atoms with Crippen molar-refractivity contribution in [3.8, 4) is 5.75 Å². The van der Waals surface area contributed by atoms with Gasteiger partial charge in [0.2, 0.25) is 0 Å². The van der Waals surface area contributed by atoms with E-state index in [-0.39, 0.29) is 6.61 Å². The van der Waals surface area contributed by atoms with E-state index in [1.165, 1.54) is 0 Å². The van der Waals surface area contributed by atoms with Crippen LogP contribution in [0.5, 0.6) is 5.75 Å². The average molecular weight is 342 g/mol. The minimum absolute atomic E-state index is 0.0574. The molecule has 0 unspecified atom stereocenters. The molecule has 0 saturated carbocycles. The van der Waals surface area contributed by atoms with Gasteiger partial charge in [-0.2, -0.15) is 0 Å². The zero-order chi connectivity index (χ0) is 13.8. The van der Waals surface area contributed by atoms with E-state index < -0.39 is 0 Å². The summed E-state index contributed by atoms with van der Waals surface area (Å²) in [5, 5.41) is 10.1. The van der Waals surface area contributed by atoms with Crippen molar-refractivity contribution in [3.63, 3.8) is 0 Å². The molecule has 2 aromatic carbocycles. The molecule has 0 bridgehead atoms. The first kappa shape index (κ1) is 14.4. The predicted octanol–water partition coefficient (Wildman–Crippen LogP) is 4.48. The van der Waals surface area contributed by atoms with Gasteiger partial charge in [-0.1, -0.05) is 45.7 Å². The third-order valence-corrected chi connectivity index (χ3v) is 3.64. The maximum absolute atomic E-state index is 9.39. The summed E-state index contributed by atoms with van der Waals surface area (Å²) in [6, 6.07) is 11.4. The van der Waals surface area contributed by atoms with Gasteiger partial charge in [-0.3, -0.25) is 0 Å². The Kier molecular flexibility index (Phi) is 4.86. The van der Waals surface area contributed by atoms with Crippen LogP contribution in [0.2, 0.25) is 5.02 Å². The fourth-order valence-corrected chi connectivity index (χ4v) is 2.70. The molecule has 0 aromatic heterocycles. The summed E-state index contributed by atoms with van der Waals surface area (Å²) >= 11 is 9.50. The lowest BCUT2D eigenvalue weighted by atomic mass is 10.1. The minimum Gasteiger partial charge on any atom is -0.488 e. The van der Waals surface area contributed by atoms with E-state index in [9.17, 15) is 5.11 Å². The second kappa shape index (κ2) is 6.42.